The number of ether oxygens (including phenoxy) is 1. The SMILES string of the molecule is O=C1COc2ccccc2N1CCCNc1ccc([N+](=O)[O-])cc1[N+](=O)[O-]. The smallest absolute Gasteiger partial charge is 0.299 e. The molecule has 2 aromatic carbocycles. The first-order valence-corrected chi connectivity index (χ1v) is 8.16. The Hall–Kier alpha value is -3.69. The maximum atomic E-state index is 12.1. The molecule has 0 radical (unpaired) electrons. The number of nitro groups is 2. The van der Waals surface area contributed by atoms with E-state index in [2.05, 4.69) is 5.32 Å². The van der Waals surface area contributed by atoms with Crippen LogP contribution in [-0.2, 0) is 4.79 Å². The largest absolute Gasteiger partial charge is 0.482 e. The first-order valence-electron chi connectivity index (χ1n) is 8.16. The number of carbonyl (C=O) groups is 1. The van der Waals surface area contributed by atoms with Crippen molar-refractivity contribution in [2.45, 2.75) is 6.42 Å². The van der Waals surface area contributed by atoms with Crippen molar-refractivity contribution < 1.29 is 19.4 Å². The van der Waals surface area contributed by atoms with E-state index < -0.39 is 9.85 Å². The summed E-state index contributed by atoms with van der Waals surface area (Å²) in [5.74, 6) is 0.478. The summed E-state index contributed by atoms with van der Waals surface area (Å²) in [6.07, 6.45) is 0.522. The molecule has 0 saturated heterocycles. The van der Waals surface area contributed by atoms with Crippen molar-refractivity contribution in [3.63, 3.8) is 0 Å². The lowest BCUT2D eigenvalue weighted by molar-refractivity contribution is -0.393. The van der Waals surface area contributed by atoms with Crippen LogP contribution in [0.4, 0.5) is 22.7 Å². The highest BCUT2D eigenvalue weighted by molar-refractivity contribution is 5.97. The fourth-order valence-electron chi connectivity index (χ4n) is 2.79. The van der Waals surface area contributed by atoms with E-state index in [-0.39, 0.29) is 29.6 Å². The van der Waals surface area contributed by atoms with Gasteiger partial charge in [0.25, 0.3) is 17.3 Å². The molecule has 27 heavy (non-hydrogen) atoms. The topological polar surface area (TPSA) is 128 Å². The van der Waals surface area contributed by atoms with Gasteiger partial charge in [-0.1, -0.05) is 12.1 Å². The molecule has 0 saturated carbocycles. The molecule has 1 amide bonds. The van der Waals surface area contributed by atoms with Crippen molar-refractivity contribution in [2.24, 2.45) is 0 Å². The molecule has 1 heterocycles. The van der Waals surface area contributed by atoms with E-state index in [1.165, 1.54) is 12.1 Å². The van der Waals surface area contributed by atoms with Gasteiger partial charge in [-0.15, -0.1) is 0 Å². The minimum Gasteiger partial charge on any atom is -0.482 e. The van der Waals surface area contributed by atoms with Gasteiger partial charge < -0.3 is 15.0 Å². The monoisotopic (exact) mass is 372 g/mol. The number of non-ortho nitro benzene ring substituents is 1. The molecule has 0 aromatic heterocycles. The van der Waals surface area contributed by atoms with E-state index in [9.17, 15) is 25.0 Å². The van der Waals surface area contributed by atoms with Crippen LogP contribution in [0.5, 0.6) is 5.75 Å². The molecule has 1 aliphatic rings. The third-order valence-corrected chi connectivity index (χ3v) is 4.07. The molecule has 0 spiro atoms. The molecule has 2 aromatic rings. The highest BCUT2D eigenvalue weighted by Crippen LogP contribution is 2.32. The predicted molar refractivity (Wildman–Crippen MR) is 97.1 cm³/mol. The van der Waals surface area contributed by atoms with Crippen LogP contribution in [0.1, 0.15) is 6.42 Å². The van der Waals surface area contributed by atoms with Crippen molar-refractivity contribution in [3.8, 4) is 5.75 Å². The molecule has 10 heteroatoms. The zero-order chi connectivity index (χ0) is 19.4. The molecule has 0 fully saturated rings. The Labute approximate surface area is 153 Å². The Bertz CT molecular complexity index is 901. The molecular formula is C17H16N4O6. The first kappa shape index (κ1) is 18.1. The third kappa shape index (κ3) is 3.94. The van der Waals surface area contributed by atoms with Gasteiger partial charge in [-0.05, 0) is 24.6 Å². The molecule has 0 bridgehead atoms. The van der Waals surface area contributed by atoms with Crippen molar-refractivity contribution in [3.05, 3.63) is 62.7 Å². The summed E-state index contributed by atoms with van der Waals surface area (Å²) < 4.78 is 5.38. The predicted octanol–water partition coefficient (Wildman–Crippen LogP) is 2.73. The second kappa shape index (κ2) is 7.68. The Balaban J connectivity index is 1.63. The lowest BCUT2D eigenvalue weighted by Crippen LogP contribution is -2.39. The van der Waals surface area contributed by atoms with Gasteiger partial charge in [-0.3, -0.25) is 25.0 Å². The molecule has 1 N–H and O–H groups in total. The molecule has 3 rings (SSSR count). The van der Waals surface area contributed by atoms with E-state index in [1.54, 1.807) is 17.0 Å². The van der Waals surface area contributed by atoms with Gasteiger partial charge in [-0.25, -0.2) is 0 Å². The van der Waals surface area contributed by atoms with Gasteiger partial charge in [-0.2, -0.15) is 0 Å². The summed E-state index contributed by atoms with van der Waals surface area (Å²) in [6.45, 7) is 0.733. The molecule has 0 unspecified atom stereocenters. The number of nitrogens with one attached hydrogen (secondary N) is 1. The maximum Gasteiger partial charge on any atom is 0.299 e. The van der Waals surface area contributed by atoms with Crippen LogP contribution < -0.4 is 15.0 Å². The number of benzene rings is 2. The summed E-state index contributed by atoms with van der Waals surface area (Å²) in [5, 5.41) is 24.8. The van der Waals surface area contributed by atoms with Gasteiger partial charge >= 0.3 is 0 Å². The number of carbonyl (C=O) groups excluding carboxylic acids is 1. The normalized spacial score (nSPS) is 12.9. The van der Waals surface area contributed by atoms with E-state index >= 15 is 0 Å². The van der Waals surface area contributed by atoms with Crippen LogP contribution in [0, 0.1) is 20.2 Å². The highest BCUT2D eigenvalue weighted by Gasteiger charge is 2.24. The number of nitro benzene ring substituents is 2. The van der Waals surface area contributed by atoms with Crippen LogP contribution in [0.15, 0.2) is 42.5 Å². The minimum absolute atomic E-state index is 0.0295. The van der Waals surface area contributed by atoms with Crippen LogP contribution in [-0.4, -0.2) is 35.5 Å². The zero-order valence-electron chi connectivity index (χ0n) is 14.2. The lowest BCUT2D eigenvalue weighted by Gasteiger charge is -2.29. The van der Waals surface area contributed by atoms with Crippen LogP contribution in [0.3, 0.4) is 0 Å². The van der Waals surface area contributed by atoms with Crippen molar-refractivity contribution >= 4 is 28.7 Å². The second-order valence-electron chi connectivity index (χ2n) is 5.80. The number of para-hydroxylation sites is 2. The average molecular weight is 372 g/mol. The molecule has 0 atom stereocenters. The lowest BCUT2D eigenvalue weighted by atomic mass is 10.2. The molecule has 10 nitrogen and oxygen atoms in total. The van der Waals surface area contributed by atoms with Crippen LogP contribution in [0.2, 0.25) is 0 Å². The Kier molecular flexibility index (Phi) is 5.15. The zero-order valence-corrected chi connectivity index (χ0v) is 14.2. The minimum atomic E-state index is -0.682. The Morgan fingerprint density at radius 2 is 1.89 bits per heavy atom. The standard InChI is InChI=1S/C17H16N4O6/c22-17-11-27-16-5-2-1-4-14(16)19(17)9-3-8-18-13-7-6-12(20(23)24)10-15(13)21(25)26/h1-2,4-7,10,18H,3,8-9,11H2. The third-order valence-electron chi connectivity index (χ3n) is 4.07. The summed E-state index contributed by atoms with van der Waals surface area (Å²) >= 11 is 0. The van der Waals surface area contributed by atoms with Gasteiger partial charge in [0.2, 0.25) is 0 Å². The van der Waals surface area contributed by atoms with Gasteiger partial charge in [0.15, 0.2) is 6.61 Å². The first-order chi connectivity index (χ1) is 13.0. The Morgan fingerprint density at radius 1 is 1.11 bits per heavy atom. The number of fused-ring (bicyclic) bond motifs is 1. The van der Waals surface area contributed by atoms with E-state index in [1.807, 2.05) is 12.1 Å². The maximum absolute atomic E-state index is 12.1. The fraction of sp³-hybridized carbons (Fsp3) is 0.235. The average Bonchev–Trinajstić information content (AvgIpc) is 2.66. The number of hydrogen-bond acceptors (Lipinski definition) is 7. The molecular weight excluding hydrogens is 356 g/mol. The van der Waals surface area contributed by atoms with E-state index in [0.29, 0.717) is 30.9 Å². The summed E-state index contributed by atoms with van der Waals surface area (Å²) in [7, 11) is 0. The number of anilines is 2. The Morgan fingerprint density at radius 3 is 2.63 bits per heavy atom. The molecule has 140 valence electrons. The van der Waals surface area contributed by atoms with Gasteiger partial charge in [0.05, 0.1) is 21.6 Å². The second-order valence-corrected chi connectivity index (χ2v) is 5.80. The van der Waals surface area contributed by atoms with Gasteiger partial charge in [0, 0.05) is 19.2 Å². The fourth-order valence-corrected chi connectivity index (χ4v) is 2.79. The highest BCUT2D eigenvalue weighted by atomic mass is 16.6. The number of rotatable bonds is 7. The number of nitrogens with zero attached hydrogens (tertiary/aromatic N) is 3. The van der Waals surface area contributed by atoms with Crippen molar-refractivity contribution in [1.29, 1.82) is 0 Å². The van der Waals surface area contributed by atoms with Crippen molar-refractivity contribution in [1.82, 2.24) is 0 Å². The quantitative estimate of drug-likeness (QED) is 0.449. The van der Waals surface area contributed by atoms with Crippen molar-refractivity contribution in [2.75, 3.05) is 29.9 Å². The van der Waals surface area contributed by atoms with E-state index in [0.717, 1.165) is 6.07 Å². The molecule has 1 aliphatic heterocycles. The number of hydrogen-bond donors (Lipinski definition) is 1. The van der Waals surface area contributed by atoms with E-state index in [4.69, 9.17) is 4.74 Å². The summed E-state index contributed by atoms with van der Waals surface area (Å²) in [4.78, 5) is 34.3. The molecule has 0 aliphatic carbocycles. The summed E-state index contributed by atoms with van der Waals surface area (Å²) in [5.41, 5.74) is 0.175. The summed E-state index contributed by atoms with van der Waals surface area (Å²) in [6, 6.07) is 10.6. The number of amides is 1. The van der Waals surface area contributed by atoms with Gasteiger partial charge in [0.1, 0.15) is 11.4 Å². The van der Waals surface area contributed by atoms with Crippen LogP contribution in [0.25, 0.3) is 0 Å². The van der Waals surface area contributed by atoms with Crippen LogP contribution >= 0.6 is 0 Å².